The Kier molecular flexibility index (Phi) is 7.79. The summed E-state index contributed by atoms with van der Waals surface area (Å²) in [6.45, 7) is 0.272. The summed E-state index contributed by atoms with van der Waals surface area (Å²) in [6, 6.07) is 7.13. The zero-order valence-corrected chi connectivity index (χ0v) is 21.6. The standard InChI is InChI=1S/C20H16Br2Cl2N2O3S/c1-25-20-26(2)19(27)15(30-20)8-11-7-14(28-3)18(17(22)16(11)21)29-9-10-4-5-12(23)13(24)6-10/h4-8H,9H2,1-3H3/b15-8-,25-20?. The summed E-state index contributed by atoms with van der Waals surface area (Å²) in [5.74, 6) is 0.934. The van der Waals surface area contributed by atoms with Gasteiger partial charge in [-0.3, -0.25) is 14.7 Å². The normalized spacial score (nSPS) is 16.6. The van der Waals surface area contributed by atoms with Crippen LogP contribution < -0.4 is 9.47 Å². The maximum absolute atomic E-state index is 12.5. The fourth-order valence-corrected chi connectivity index (χ4v) is 4.86. The molecule has 0 saturated carbocycles. The number of carbonyl (C=O) groups excluding carboxylic acids is 1. The first-order valence-corrected chi connectivity index (χ1v) is 11.7. The number of hydrogen-bond donors (Lipinski definition) is 0. The molecule has 3 rings (SSSR count). The van der Waals surface area contributed by atoms with Crippen LogP contribution in [0, 0.1) is 0 Å². The number of benzene rings is 2. The van der Waals surface area contributed by atoms with Gasteiger partial charge < -0.3 is 9.47 Å². The summed E-state index contributed by atoms with van der Waals surface area (Å²) in [7, 11) is 4.91. The molecule has 1 heterocycles. The zero-order valence-electron chi connectivity index (χ0n) is 16.1. The molecular weight excluding hydrogens is 579 g/mol. The second-order valence-electron chi connectivity index (χ2n) is 6.14. The second-order valence-corrected chi connectivity index (χ2v) is 9.55. The van der Waals surface area contributed by atoms with Gasteiger partial charge in [-0.25, -0.2) is 0 Å². The highest BCUT2D eigenvalue weighted by Gasteiger charge is 2.30. The highest BCUT2D eigenvalue weighted by atomic mass is 79.9. The monoisotopic (exact) mass is 592 g/mol. The van der Waals surface area contributed by atoms with Crippen LogP contribution in [0.1, 0.15) is 11.1 Å². The number of amides is 1. The fourth-order valence-electron chi connectivity index (χ4n) is 2.67. The molecule has 0 spiro atoms. The number of carbonyl (C=O) groups is 1. The summed E-state index contributed by atoms with van der Waals surface area (Å²) in [5.41, 5.74) is 1.63. The van der Waals surface area contributed by atoms with Crippen molar-refractivity contribution in [2.24, 2.45) is 4.99 Å². The molecule has 30 heavy (non-hydrogen) atoms. The van der Waals surface area contributed by atoms with E-state index in [0.29, 0.717) is 36.1 Å². The van der Waals surface area contributed by atoms with Gasteiger partial charge in [0.25, 0.3) is 5.91 Å². The molecule has 1 saturated heterocycles. The van der Waals surface area contributed by atoms with Crippen molar-refractivity contribution in [1.29, 1.82) is 0 Å². The summed E-state index contributed by atoms with van der Waals surface area (Å²) in [5, 5.41) is 1.60. The number of thioether (sulfide) groups is 1. The lowest BCUT2D eigenvalue weighted by Crippen LogP contribution is -2.23. The maximum atomic E-state index is 12.5. The van der Waals surface area contributed by atoms with Crippen LogP contribution in [0.25, 0.3) is 6.08 Å². The quantitative estimate of drug-likeness (QED) is 0.364. The molecule has 1 aliphatic heterocycles. The third kappa shape index (κ3) is 4.83. The van der Waals surface area contributed by atoms with Gasteiger partial charge in [0.1, 0.15) is 6.61 Å². The van der Waals surface area contributed by atoms with Crippen molar-refractivity contribution in [1.82, 2.24) is 4.90 Å². The Labute approximate surface area is 205 Å². The number of aliphatic imine (C=N–C) groups is 1. The number of methoxy groups -OCH3 is 1. The van der Waals surface area contributed by atoms with Gasteiger partial charge in [-0.1, -0.05) is 29.3 Å². The van der Waals surface area contributed by atoms with Crippen molar-refractivity contribution < 1.29 is 14.3 Å². The molecule has 0 atom stereocenters. The van der Waals surface area contributed by atoms with E-state index in [1.165, 1.54) is 16.7 Å². The van der Waals surface area contributed by atoms with Crippen LogP contribution in [0.15, 0.2) is 43.1 Å². The number of amidine groups is 1. The van der Waals surface area contributed by atoms with Crippen LogP contribution in [0.3, 0.4) is 0 Å². The molecule has 1 aliphatic rings. The minimum absolute atomic E-state index is 0.109. The van der Waals surface area contributed by atoms with Gasteiger partial charge in [-0.05, 0) is 79.0 Å². The van der Waals surface area contributed by atoms with Gasteiger partial charge in [0.2, 0.25) is 0 Å². The molecule has 5 nitrogen and oxygen atoms in total. The highest BCUT2D eigenvalue weighted by Crippen LogP contribution is 2.44. The molecule has 10 heteroatoms. The highest BCUT2D eigenvalue weighted by molar-refractivity contribution is 9.13. The Morgan fingerprint density at radius 1 is 1.20 bits per heavy atom. The van der Waals surface area contributed by atoms with E-state index in [4.69, 9.17) is 32.7 Å². The summed E-state index contributed by atoms with van der Waals surface area (Å²) >= 11 is 20.5. The lowest BCUT2D eigenvalue weighted by Gasteiger charge is -2.16. The molecule has 0 aliphatic carbocycles. The number of hydrogen-bond acceptors (Lipinski definition) is 5. The molecular formula is C20H16Br2Cl2N2O3S. The Bertz CT molecular complexity index is 1080. The molecule has 0 bridgehead atoms. The first-order chi connectivity index (χ1) is 14.3. The summed E-state index contributed by atoms with van der Waals surface area (Å²) in [4.78, 5) is 18.7. The zero-order chi connectivity index (χ0) is 22.0. The number of likely N-dealkylation sites (N-methyl/N-ethyl adjacent to an activating group) is 1. The molecule has 0 aromatic heterocycles. The minimum atomic E-state index is -0.109. The Morgan fingerprint density at radius 2 is 1.93 bits per heavy atom. The third-order valence-electron chi connectivity index (χ3n) is 4.22. The average Bonchev–Trinajstić information content (AvgIpc) is 3.00. The number of rotatable bonds is 5. The van der Waals surface area contributed by atoms with Gasteiger partial charge in [0.05, 0.1) is 26.5 Å². The topological polar surface area (TPSA) is 51.1 Å². The molecule has 0 radical (unpaired) electrons. The lowest BCUT2D eigenvalue weighted by molar-refractivity contribution is -0.121. The first kappa shape index (κ1) is 23.5. The van der Waals surface area contributed by atoms with E-state index in [-0.39, 0.29) is 12.5 Å². The van der Waals surface area contributed by atoms with Crippen molar-refractivity contribution in [2.45, 2.75) is 6.61 Å². The Hall–Kier alpha value is -1.19. The SMILES string of the molecule is CN=C1S/C(=C\c2cc(OC)c(OCc3ccc(Cl)c(Cl)c3)c(Br)c2Br)C(=O)N1C. The third-order valence-corrected chi connectivity index (χ3v) is 8.26. The predicted octanol–water partition coefficient (Wildman–Crippen LogP) is 6.64. The largest absolute Gasteiger partial charge is 0.493 e. The van der Waals surface area contributed by atoms with E-state index < -0.39 is 0 Å². The molecule has 158 valence electrons. The number of ether oxygens (including phenoxy) is 2. The predicted molar refractivity (Wildman–Crippen MR) is 131 cm³/mol. The van der Waals surface area contributed by atoms with Crippen molar-refractivity contribution in [3.8, 4) is 11.5 Å². The molecule has 1 fully saturated rings. The molecule has 2 aromatic rings. The summed E-state index contributed by atoms with van der Waals surface area (Å²) < 4.78 is 12.9. The van der Waals surface area contributed by atoms with E-state index in [1.54, 1.807) is 45.5 Å². The number of halogens is 4. The van der Waals surface area contributed by atoms with E-state index in [0.717, 1.165) is 15.6 Å². The minimum Gasteiger partial charge on any atom is -0.493 e. The lowest BCUT2D eigenvalue weighted by atomic mass is 10.1. The van der Waals surface area contributed by atoms with Gasteiger partial charge in [-0.15, -0.1) is 0 Å². The number of nitrogens with zero attached hydrogens (tertiary/aromatic N) is 2. The summed E-state index contributed by atoms with van der Waals surface area (Å²) in [6.07, 6.45) is 1.79. The molecule has 2 aromatic carbocycles. The smallest absolute Gasteiger partial charge is 0.266 e. The van der Waals surface area contributed by atoms with Crippen LogP contribution in [-0.2, 0) is 11.4 Å². The van der Waals surface area contributed by atoms with Crippen molar-refractivity contribution in [3.05, 3.63) is 59.3 Å². The van der Waals surface area contributed by atoms with E-state index in [2.05, 4.69) is 36.9 Å². The van der Waals surface area contributed by atoms with Gasteiger partial charge in [0, 0.05) is 18.6 Å². The maximum Gasteiger partial charge on any atom is 0.266 e. The van der Waals surface area contributed by atoms with Crippen LogP contribution >= 0.6 is 66.8 Å². The van der Waals surface area contributed by atoms with Crippen molar-refractivity contribution in [2.75, 3.05) is 21.2 Å². The average molecular weight is 595 g/mol. The van der Waals surface area contributed by atoms with Gasteiger partial charge in [0.15, 0.2) is 16.7 Å². The van der Waals surface area contributed by atoms with E-state index in [9.17, 15) is 4.79 Å². The molecule has 0 N–H and O–H groups in total. The van der Waals surface area contributed by atoms with Crippen LogP contribution in [-0.4, -0.2) is 37.2 Å². The van der Waals surface area contributed by atoms with Crippen molar-refractivity contribution >= 4 is 84.0 Å². The van der Waals surface area contributed by atoms with E-state index >= 15 is 0 Å². The van der Waals surface area contributed by atoms with Crippen LogP contribution in [0.2, 0.25) is 10.0 Å². The molecule has 1 amide bonds. The fraction of sp³-hybridized carbons (Fsp3) is 0.200. The van der Waals surface area contributed by atoms with Gasteiger partial charge in [-0.2, -0.15) is 0 Å². The van der Waals surface area contributed by atoms with Crippen LogP contribution in [0.4, 0.5) is 0 Å². The Balaban J connectivity index is 1.92. The first-order valence-electron chi connectivity index (χ1n) is 8.54. The van der Waals surface area contributed by atoms with Crippen LogP contribution in [0.5, 0.6) is 11.5 Å². The Morgan fingerprint density at radius 3 is 2.53 bits per heavy atom. The van der Waals surface area contributed by atoms with E-state index in [1.807, 2.05) is 6.07 Å². The molecule has 0 unspecified atom stereocenters. The second kappa shape index (κ2) is 9.96. The van der Waals surface area contributed by atoms with Crippen molar-refractivity contribution in [3.63, 3.8) is 0 Å². The van der Waals surface area contributed by atoms with Gasteiger partial charge >= 0.3 is 0 Å².